The summed E-state index contributed by atoms with van der Waals surface area (Å²) in [6.45, 7) is 1.86. The van der Waals surface area contributed by atoms with Gasteiger partial charge < -0.3 is 10.4 Å². The van der Waals surface area contributed by atoms with Crippen molar-refractivity contribution in [1.82, 2.24) is 0 Å². The van der Waals surface area contributed by atoms with Gasteiger partial charge in [-0.25, -0.2) is 8.42 Å². The summed E-state index contributed by atoms with van der Waals surface area (Å²) in [5, 5.41) is 12.5. The van der Waals surface area contributed by atoms with Gasteiger partial charge in [0.25, 0.3) is 0 Å². The first-order valence-electron chi connectivity index (χ1n) is 7.27. The van der Waals surface area contributed by atoms with E-state index in [0.29, 0.717) is 16.5 Å². The van der Waals surface area contributed by atoms with Crippen LogP contribution < -0.4 is 5.32 Å². The van der Waals surface area contributed by atoms with Gasteiger partial charge in [-0.15, -0.1) is 0 Å². The van der Waals surface area contributed by atoms with E-state index in [2.05, 4.69) is 5.32 Å². The highest BCUT2D eigenvalue weighted by molar-refractivity contribution is 7.91. The largest absolute Gasteiger partial charge is 0.396 e. The van der Waals surface area contributed by atoms with Crippen molar-refractivity contribution in [2.75, 3.05) is 17.7 Å². The molecule has 0 aliphatic heterocycles. The summed E-state index contributed by atoms with van der Waals surface area (Å²) in [7, 11) is -3.21. The van der Waals surface area contributed by atoms with Crippen molar-refractivity contribution < 1.29 is 13.5 Å². The third kappa shape index (κ3) is 3.33. The molecule has 0 bridgehead atoms. The van der Waals surface area contributed by atoms with Crippen LogP contribution in [0.3, 0.4) is 0 Å². The van der Waals surface area contributed by atoms with Gasteiger partial charge >= 0.3 is 0 Å². The fraction of sp³-hybridized carbons (Fsp3) is 0.600. The van der Waals surface area contributed by atoms with E-state index < -0.39 is 9.84 Å². The van der Waals surface area contributed by atoms with Crippen molar-refractivity contribution in [1.29, 1.82) is 0 Å². The van der Waals surface area contributed by atoms with Crippen molar-refractivity contribution in [3.63, 3.8) is 0 Å². The summed E-state index contributed by atoms with van der Waals surface area (Å²) in [5.41, 5.74) is 0.698. The molecule has 0 aromatic heterocycles. The maximum Gasteiger partial charge on any atom is 0.180 e. The Morgan fingerprint density at radius 1 is 1.30 bits per heavy atom. The monoisotopic (exact) mass is 297 g/mol. The summed E-state index contributed by atoms with van der Waals surface area (Å²) >= 11 is 0. The Kier molecular flexibility index (Phi) is 5.05. The first-order chi connectivity index (χ1) is 9.58. The second-order valence-corrected chi connectivity index (χ2v) is 7.60. The van der Waals surface area contributed by atoms with Gasteiger partial charge in [0.15, 0.2) is 9.84 Å². The predicted molar refractivity (Wildman–Crippen MR) is 80.6 cm³/mol. The van der Waals surface area contributed by atoms with E-state index in [0.717, 1.165) is 25.7 Å². The lowest BCUT2D eigenvalue weighted by Crippen LogP contribution is -2.25. The van der Waals surface area contributed by atoms with Gasteiger partial charge in [-0.1, -0.05) is 25.5 Å². The Bertz CT molecular complexity index is 542. The van der Waals surface area contributed by atoms with Gasteiger partial charge in [0.1, 0.15) is 0 Å². The van der Waals surface area contributed by atoms with Crippen molar-refractivity contribution in [3.05, 3.63) is 24.3 Å². The number of hydrogen-bond acceptors (Lipinski definition) is 4. The number of benzene rings is 1. The molecule has 1 saturated carbocycles. The standard InChI is InChI=1S/C15H23NO3S/c1-2-20(18,19)15-9-4-3-7-14(15)16-13-8-5-6-12(13)10-11-17/h3-4,7,9,12-13,16-17H,2,5-6,8,10-11H2,1H3/t12-,13+/m0/s1. The van der Waals surface area contributed by atoms with Crippen LogP contribution in [0.15, 0.2) is 29.2 Å². The molecule has 0 heterocycles. The Morgan fingerprint density at radius 3 is 2.75 bits per heavy atom. The molecule has 0 unspecified atom stereocenters. The highest BCUT2D eigenvalue weighted by Crippen LogP contribution is 2.32. The molecular weight excluding hydrogens is 274 g/mol. The molecule has 20 heavy (non-hydrogen) atoms. The second-order valence-electron chi connectivity index (χ2n) is 5.35. The van der Waals surface area contributed by atoms with Crippen molar-refractivity contribution >= 4 is 15.5 Å². The number of rotatable bonds is 6. The summed E-state index contributed by atoms with van der Waals surface area (Å²) in [6.07, 6.45) is 4.04. The van der Waals surface area contributed by atoms with E-state index in [9.17, 15) is 8.42 Å². The fourth-order valence-electron chi connectivity index (χ4n) is 2.95. The quantitative estimate of drug-likeness (QED) is 0.846. The van der Waals surface area contributed by atoms with Crippen LogP contribution in [0, 0.1) is 5.92 Å². The van der Waals surface area contributed by atoms with Gasteiger partial charge in [0.05, 0.1) is 16.3 Å². The van der Waals surface area contributed by atoms with E-state index >= 15 is 0 Å². The molecule has 112 valence electrons. The zero-order valence-electron chi connectivity index (χ0n) is 11.9. The molecule has 1 aliphatic rings. The minimum absolute atomic E-state index is 0.108. The predicted octanol–water partition coefficient (Wildman–Crippen LogP) is 2.44. The number of para-hydroxylation sites is 1. The highest BCUT2D eigenvalue weighted by atomic mass is 32.2. The number of nitrogens with one attached hydrogen (secondary N) is 1. The Labute approximate surface area is 121 Å². The van der Waals surface area contributed by atoms with Crippen LogP contribution in [0.4, 0.5) is 5.69 Å². The average Bonchev–Trinajstić information content (AvgIpc) is 2.87. The third-order valence-electron chi connectivity index (χ3n) is 4.10. The van der Waals surface area contributed by atoms with Gasteiger partial charge in [0.2, 0.25) is 0 Å². The minimum atomic E-state index is -3.21. The zero-order valence-corrected chi connectivity index (χ0v) is 12.7. The first kappa shape index (κ1) is 15.3. The third-order valence-corrected chi connectivity index (χ3v) is 5.89. The maximum atomic E-state index is 12.1. The van der Waals surface area contributed by atoms with Crippen molar-refractivity contribution in [3.8, 4) is 0 Å². The van der Waals surface area contributed by atoms with Crippen molar-refractivity contribution in [2.45, 2.75) is 43.5 Å². The molecule has 1 fully saturated rings. The van der Waals surface area contributed by atoms with Crippen LogP contribution in [0.1, 0.15) is 32.6 Å². The minimum Gasteiger partial charge on any atom is -0.396 e. The van der Waals surface area contributed by atoms with Gasteiger partial charge in [-0.3, -0.25) is 0 Å². The SMILES string of the molecule is CCS(=O)(=O)c1ccccc1N[C@@H]1CCC[C@H]1CCO. The molecule has 5 heteroatoms. The molecule has 1 aromatic rings. The van der Waals surface area contributed by atoms with Crippen LogP contribution in [0.25, 0.3) is 0 Å². The smallest absolute Gasteiger partial charge is 0.180 e. The molecule has 2 rings (SSSR count). The lowest BCUT2D eigenvalue weighted by molar-refractivity contribution is 0.254. The molecule has 1 aliphatic carbocycles. The molecular formula is C15H23NO3S. The van der Waals surface area contributed by atoms with Crippen LogP contribution in [-0.4, -0.2) is 31.9 Å². The molecule has 1 aromatic carbocycles. The Hall–Kier alpha value is -1.07. The summed E-state index contributed by atoms with van der Waals surface area (Å²) in [4.78, 5) is 0.386. The zero-order chi connectivity index (χ0) is 14.6. The topological polar surface area (TPSA) is 66.4 Å². The van der Waals surface area contributed by atoms with Crippen LogP contribution in [-0.2, 0) is 9.84 Å². The second kappa shape index (κ2) is 6.59. The normalized spacial score (nSPS) is 22.9. The van der Waals surface area contributed by atoms with E-state index in [1.807, 2.05) is 12.1 Å². The number of sulfone groups is 1. The molecule has 2 N–H and O–H groups in total. The van der Waals surface area contributed by atoms with Gasteiger partial charge in [-0.05, 0) is 37.3 Å². The van der Waals surface area contributed by atoms with E-state index in [-0.39, 0.29) is 18.4 Å². The van der Waals surface area contributed by atoms with E-state index in [1.165, 1.54) is 0 Å². The summed E-state index contributed by atoms with van der Waals surface area (Å²) in [5.74, 6) is 0.536. The van der Waals surface area contributed by atoms with Gasteiger partial charge in [-0.2, -0.15) is 0 Å². The van der Waals surface area contributed by atoms with Gasteiger partial charge in [0, 0.05) is 12.6 Å². The number of aliphatic hydroxyl groups excluding tert-OH is 1. The average molecular weight is 297 g/mol. The van der Waals surface area contributed by atoms with E-state index in [4.69, 9.17) is 5.11 Å². The summed E-state index contributed by atoms with van der Waals surface area (Å²) in [6, 6.07) is 7.37. The Balaban J connectivity index is 2.22. The maximum absolute atomic E-state index is 12.1. The lowest BCUT2D eigenvalue weighted by Gasteiger charge is -2.23. The molecule has 0 amide bonds. The summed E-state index contributed by atoms with van der Waals surface area (Å²) < 4.78 is 24.2. The number of hydrogen-bond donors (Lipinski definition) is 2. The molecule has 0 saturated heterocycles. The van der Waals surface area contributed by atoms with Crippen LogP contribution in [0.2, 0.25) is 0 Å². The van der Waals surface area contributed by atoms with Crippen molar-refractivity contribution in [2.24, 2.45) is 5.92 Å². The Morgan fingerprint density at radius 2 is 2.05 bits per heavy atom. The molecule has 0 radical (unpaired) electrons. The van der Waals surface area contributed by atoms with Crippen LogP contribution >= 0.6 is 0 Å². The molecule has 0 spiro atoms. The molecule has 4 nitrogen and oxygen atoms in total. The first-order valence-corrected chi connectivity index (χ1v) is 8.93. The number of anilines is 1. The highest BCUT2D eigenvalue weighted by Gasteiger charge is 2.28. The van der Waals surface area contributed by atoms with E-state index in [1.54, 1.807) is 19.1 Å². The fourth-order valence-corrected chi connectivity index (χ4v) is 4.01. The van der Waals surface area contributed by atoms with Crippen LogP contribution in [0.5, 0.6) is 0 Å². The molecule has 2 atom stereocenters. The lowest BCUT2D eigenvalue weighted by atomic mass is 10.00. The number of aliphatic hydroxyl groups is 1.